The van der Waals surface area contributed by atoms with Crippen molar-refractivity contribution in [3.8, 4) is 0 Å². The molecule has 76 valence electrons. The van der Waals surface area contributed by atoms with Crippen molar-refractivity contribution >= 4 is 10.8 Å². The van der Waals surface area contributed by atoms with E-state index in [1.807, 2.05) is 0 Å². The van der Waals surface area contributed by atoms with Crippen LogP contribution in [0.1, 0.15) is 5.56 Å². The monoisotopic (exact) mass is 198 g/mol. The third kappa shape index (κ3) is 2.25. The van der Waals surface area contributed by atoms with Gasteiger partial charge in [0.05, 0.1) is 13.2 Å². The molecule has 0 aromatic heterocycles. The molecule has 0 heterocycles. The van der Waals surface area contributed by atoms with Gasteiger partial charge in [-0.25, -0.2) is 0 Å². The molecule has 0 fully saturated rings. The number of hydrogen-bond donors (Lipinski definition) is 0. The maximum absolute atomic E-state index is 5.46. The summed E-state index contributed by atoms with van der Waals surface area (Å²) in [6.45, 7) is 4.88. The van der Waals surface area contributed by atoms with E-state index >= 15 is 0 Å². The van der Waals surface area contributed by atoms with Crippen LogP contribution in [0.5, 0.6) is 0 Å². The summed E-state index contributed by atoms with van der Waals surface area (Å²) in [5.41, 5.74) is 1.23. The van der Waals surface area contributed by atoms with Gasteiger partial charge in [-0.05, 0) is 16.3 Å². The lowest BCUT2D eigenvalue weighted by molar-refractivity contribution is 0.150. The van der Waals surface area contributed by atoms with Crippen LogP contribution < -0.4 is 0 Å². The van der Waals surface area contributed by atoms with Gasteiger partial charge in [-0.1, -0.05) is 48.5 Å². The van der Waals surface area contributed by atoms with Gasteiger partial charge >= 0.3 is 0 Å². The molecule has 2 rings (SSSR count). The van der Waals surface area contributed by atoms with Crippen molar-refractivity contribution in [3.63, 3.8) is 0 Å². The summed E-state index contributed by atoms with van der Waals surface area (Å²) in [6.07, 6.45) is 1.77. The Morgan fingerprint density at radius 1 is 1.07 bits per heavy atom. The lowest BCUT2D eigenvalue weighted by atomic mass is 10.1. The Kier molecular flexibility index (Phi) is 3.15. The van der Waals surface area contributed by atoms with E-state index in [1.54, 1.807) is 6.08 Å². The molecule has 0 aliphatic carbocycles. The van der Waals surface area contributed by atoms with Crippen LogP contribution in [0.25, 0.3) is 10.8 Å². The smallest absolute Gasteiger partial charge is 0.0727 e. The minimum atomic E-state index is 0.600. The Hall–Kier alpha value is -1.60. The highest BCUT2D eigenvalue weighted by atomic mass is 16.5. The lowest BCUT2D eigenvalue weighted by Crippen LogP contribution is -1.93. The summed E-state index contributed by atoms with van der Waals surface area (Å²) in [5.74, 6) is 0. The topological polar surface area (TPSA) is 9.23 Å². The number of rotatable bonds is 4. The number of hydrogen-bond acceptors (Lipinski definition) is 1. The van der Waals surface area contributed by atoms with Crippen LogP contribution in [0, 0.1) is 0 Å². The van der Waals surface area contributed by atoms with Crippen LogP contribution in [-0.2, 0) is 11.3 Å². The van der Waals surface area contributed by atoms with Gasteiger partial charge in [0, 0.05) is 0 Å². The SMILES string of the molecule is C=CCOCc1cccc2ccccc12. The molecule has 0 N–H and O–H groups in total. The second kappa shape index (κ2) is 4.76. The minimum Gasteiger partial charge on any atom is -0.373 e. The van der Waals surface area contributed by atoms with Gasteiger partial charge < -0.3 is 4.74 Å². The Balaban J connectivity index is 2.30. The van der Waals surface area contributed by atoms with Gasteiger partial charge in [0.15, 0.2) is 0 Å². The summed E-state index contributed by atoms with van der Waals surface area (Å²) in [7, 11) is 0. The predicted molar refractivity (Wildman–Crippen MR) is 63.8 cm³/mol. The molecule has 0 amide bonds. The van der Waals surface area contributed by atoms with Gasteiger partial charge in [0.1, 0.15) is 0 Å². The second-order valence-corrected chi connectivity index (χ2v) is 3.44. The molecular formula is C14H14O. The van der Waals surface area contributed by atoms with E-state index in [-0.39, 0.29) is 0 Å². The first kappa shape index (κ1) is 9.94. The van der Waals surface area contributed by atoms with E-state index in [2.05, 4.69) is 49.0 Å². The summed E-state index contributed by atoms with van der Waals surface area (Å²) < 4.78 is 5.46. The predicted octanol–water partition coefficient (Wildman–Crippen LogP) is 3.54. The van der Waals surface area contributed by atoms with Crippen LogP contribution in [-0.4, -0.2) is 6.61 Å². The maximum atomic E-state index is 5.46. The molecule has 0 spiro atoms. The van der Waals surface area contributed by atoms with Crippen LogP contribution in [0.3, 0.4) is 0 Å². The highest BCUT2D eigenvalue weighted by Gasteiger charge is 1.98. The minimum absolute atomic E-state index is 0.600. The van der Waals surface area contributed by atoms with Crippen molar-refractivity contribution in [2.45, 2.75) is 6.61 Å². The highest BCUT2D eigenvalue weighted by molar-refractivity contribution is 5.85. The normalized spacial score (nSPS) is 10.4. The fourth-order valence-electron chi connectivity index (χ4n) is 1.67. The molecule has 2 aromatic rings. The number of fused-ring (bicyclic) bond motifs is 1. The largest absolute Gasteiger partial charge is 0.373 e. The first-order valence-corrected chi connectivity index (χ1v) is 5.07. The Bertz CT molecular complexity index is 454. The summed E-state index contributed by atoms with van der Waals surface area (Å²) in [6, 6.07) is 14.6. The molecular weight excluding hydrogens is 184 g/mol. The first-order chi connectivity index (χ1) is 7.42. The van der Waals surface area contributed by atoms with Crippen molar-refractivity contribution in [2.24, 2.45) is 0 Å². The van der Waals surface area contributed by atoms with Crippen molar-refractivity contribution in [2.75, 3.05) is 6.61 Å². The molecule has 0 aliphatic heterocycles. The quantitative estimate of drug-likeness (QED) is 0.539. The average Bonchev–Trinajstić information content (AvgIpc) is 2.30. The highest BCUT2D eigenvalue weighted by Crippen LogP contribution is 2.18. The second-order valence-electron chi connectivity index (χ2n) is 3.44. The van der Waals surface area contributed by atoms with Crippen LogP contribution in [0.4, 0.5) is 0 Å². The van der Waals surface area contributed by atoms with Crippen molar-refractivity contribution in [1.82, 2.24) is 0 Å². The van der Waals surface area contributed by atoms with E-state index in [9.17, 15) is 0 Å². The van der Waals surface area contributed by atoms with Gasteiger partial charge in [0.2, 0.25) is 0 Å². The Labute approximate surface area is 90.0 Å². The van der Waals surface area contributed by atoms with E-state index < -0.39 is 0 Å². The zero-order valence-corrected chi connectivity index (χ0v) is 8.65. The van der Waals surface area contributed by atoms with E-state index in [4.69, 9.17) is 4.74 Å². The van der Waals surface area contributed by atoms with Crippen molar-refractivity contribution in [1.29, 1.82) is 0 Å². The van der Waals surface area contributed by atoms with E-state index in [0.717, 1.165) is 0 Å². The average molecular weight is 198 g/mol. The maximum Gasteiger partial charge on any atom is 0.0727 e. The Morgan fingerprint density at radius 3 is 2.73 bits per heavy atom. The molecule has 2 aromatic carbocycles. The molecule has 0 saturated heterocycles. The van der Waals surface area contributed by atoms with Crippen LogP contribution >= 0.6 is 0 Å². The van der Waals surface area contributed by atoms with E-state index in [1.165, 1.54) is 16.3 Å². The zero-order valence-electron chi connectivity index (χ0n) is 8.65. The molecule has 1 heteroatoms. The molecule has 0 unspecified atom stereocenters. The third-order valence-electron chi connectivity index (χ3n) is 2.37. The van der Waals surface area contributed by atoms with E-state index in [0.29, 0.717) is 13.2 Å². The van der Waals surface area contributed by atoms with Crippen molar-refractivity contribution in [3.05, 3.63) is 60.7 Å². The number of ether oxygens (including phenoxy) is 1. The lowest BCUT2D eigenvalue weighted by Gasteiger charge is -2.06. The molecule has 0 atom stereocenters. The molecule has 15 heavy (non-hydrogen) atoms. The van der Waals surface area contributed by atoms with Gasteiger partial charge in [-0.3, -0.25) is 0 Å². The van der Waals surface area contributed by atoms with Crippen LogP contribution in [0.2, 0.25) is 0 Å². The first-order valence-electron chi connectivity index (χ1n) is 5.07. The molecule has 0 saturated carbocycles. The number of benzene rings is 2. The fourth-order valence-corrected chi connectivity index (χ4v) is 1.67. The zero-order chi connectivity index (χ0) is 10.5. The third-order valence-corrected chi connectivity index (χ3v) is 2.37. The molecule has 0 bridgehead atoms. The summed E-state index contributed by atoms with van der Waals surface area (Å²) >= 11 is 0. The van der Waals surface area contributed by atoms with Crippen LogP contribution in [0.15, 0.2) is 55.1 Å². The summed E-state index contributed by atoms with van der Waals surface area (Å²) in [4.78, 5) is 0. The Morgan fingerprint density at radius 2 is 1.87 bits per heavy atom. The molecule has 0 radical (unpaired) electrons. The van der Waals surface area contributed by atoms with Gasteiger partial charge in [-0.15, -0.1) is 6.58 Å². The van der Waals surface area contributed by atoms with Gasteiger partial charge in [-0.2, -0.15) is 0 Å². The van der Waals surface area contributed by atoms with Gasteiger partial charge in [0.25, 0.3) is 0 Å². The fraction of sp³-hybridized carbons (Fsp3) is 0.143. The molecule has 0 aliphatic rings. The van der Waals surface area contributed by atoms with Crippen molar-refractivity contribution < 1.29 is 4.74 Å². The standard InChI is InChI=1S/C14H14O/c1-2-10-15-11-13-8-5-7-12-6-3-4-9-14(12)13/h2-9H,1,10-11H2. The summed E-state index contributed by atoms with van der Waals surface area (Å²) in [5, 5.41) is 2.53. The molecule has 1 nitrogen and oxygen atoms in total.